The van der Waals surface area contributed by atoms with Gasteiger partial charge in [0.15, 0.2) is 0 Å². The average molecular weight is 258 g/mol. The van der Waals surface area contributed by atoms with E-state index in [4.69, 9.17) is 5.73 Å². The minimum absolute atomic E-state index is 0.160. The van der Waals surface area contributed by atoms with Crippen molar-refractivity contribution in [1.82, 2.24) is 4.98 Å². The second kappa shape index (κ2) is 4.07. The Labute approximate surface area is 108 Å². The second-order valence-electron chi connectivity index (χ2n) is 4.19. The summed E-state index contributed by atoms with van der Waals surface area (Å²) < 4.78 is 14.5. The molecule has 1 heterocycles. The fourth-order valence-corrected chi connectivity index (χ4v) is 2.86. The third-order valence-corrected chi connectivity index (χ3v) is 3.90. The van der Waals surface area contributed by atoms with E-state index in [-0.39, 0.29) is 5.69 Å². The number of hydrogen-bond acceptors (Lipinski definition) is 3. The first-order valence-electron chi connectivity index (χ1n) is 5.57. The molecule has 0 atom stereocenters. The number of benzene rings is 2. The van der Waals surface area contributed by atoms with E-state index in [1.54, 1.807) is 12.1 Å². The smallest absolute Gasteiger partial charge is 0.146 e. The monoisotopic (exact) mass is 258 g/mol. The Morgan fingerprint density at radius 2 is 2.06 bits per heavy atom. The molecule has 90 valence electrons. The number of halogens is 1. The lowest BCUT2D eigenvalue weighted by molar-refractivity contribution is 0.633. The van der Waals surface area contributed by atoms with Crippen LogP contribution in [0.5, 0.6) is 0 Å². The summed E-state index contributed by atoms with van der Waals surface area (Å²) in [4.78, 5) is 4.52. The fourth-order valence-electron chi connectivity index (χ4n) is 1.88. The lowest BCUT2D eigenvalue weighted by Crippen LogP contribution is -1.93. The molecule has 0 spiro atoms. The molecular formula is C14H11FN2S. The van der Waals surface area contributed by atoms with Crippen LogP contribution in [0.25, 0.3) is 20.8 Å². The lowest BCUT2D eigenvalue weighted by Gasteiger charge is -2.01. The third kappa shape index (κ3) is 1.75. The summed E-state index contributed by atoms with van der Waals surface area (Å²) >= 11 is 1.52. The zero-order valence-electron chi connectivity index (χ0n) is 9.77. The Balaban J connectivity index is 2.22. The highest BCUT2D eigenvalue weighted by Crippen LogP contribution is 2.34. The Morgan fingerprint density at radius 1 is 1.22 bits per heavy atom. The van der Waals surface area contributed by atoms with Crippen molar-refractivity contribution in [1.29, 1.82) is 0 Å². The standard InChI is InChI=1S/C14H11FN2S/c1-8-5-6-12-11(7-8)17-14(18-12)9-3-2-4-10(15)13(9)16/h2-7H,16H2,1H3. The molecule has 18 heavy (non-hydrogen) atoms. The normalized spacial score (nSPS) is 11.0. The molecule has 0 radical (unpaired) electrons. The highest BCUT2D eigenvalue weighted by molar-refractivity contribution is 7.21. The first-order valence-corrected chi connectivity index (χ1v) is 6.38. The van der Waals surface area contributed by atoms with Gasteiger partial charge in [-0.1, -0.05) is 12.1 Å². The van der Waals surface area contributed by atoms with E-state index >= 15 is 0 Å². The average Bonchev–Trinajstić information content (AvgIpc) is 2.75. The van der Waals surface area contributed by atoms with Crippen LogP contribution in [0, 0.1) is 12.7 Å². The van der Waals surface area contributed by atoms with Crippen molar-refractivity contribution < 1.29 is 4.39 Å². The van der Waals surface area contributed by atoms with Gasteiger partial charge in [0, 0.05) is 5.56 Å². The molecule has 1 aromatic heterocycles. The van der Waals surface area contributed by atoms with Crippen molar-refractivity contribution in [2.75, 3.05) is 5.73 Å². The molecule has 0 aliphatic rings. The molecule has 0 amide bonds. The predicted molar refractivity (Wildman–Crippen MR) is 74.2 cm³/mol. The molecule has 0 fully saturated rings. The molecule has 2 aromatic carbocycles. The Kier molecular flexibility index (Phi) is 2.52. The van der Waals surface area contributed by atoms with E-state index < -0.39 is 5.82 Å². The van der Waals surface area contributed by atoms with Crippen molar-refractivity contribution in [2.24, 2.45) is 0 Å². The maximum absolute atomic E-state index is 13.4. The first kappa shape index (κ1) is 11.2. The van der Waals surface area contributed by atoms with Crippen LogP contribution >= 0.6 is 11.3 Å². The van der Waals surface area contributed by atoms with E-state index in [1.807, 2.05) is 25.1 Å². The number of nitrogens with two attached hydrogens (primary N) is 1. The van der Waals surface area contributed by atoms with Gasteiger partial charge in [-0.25, -0.2) is 9.37 Å². The molecule has 2 nitrogen and oxygen atoms in total. The highest BCUT2D eigenvalue weighted by Gasteiger charge is 2.11. The minimum atomic E-state index is -0.400. The number of nitrogens with zero attached hydrogens (tertiary/aromatic N) is 1. The number of aromatic nitrogens is 1. The van der Waals surface area contributed by atoms with Gasteiger partial charge in [0.1, 0.15) is 10.8 Å². The minimum Gasteiger partial charge on any atom is -0.396 e. The van der Waals surface area contributed by atoms with Crippen LogP contribution < -0.4 is 5.73 Å². The van der Waals surface area contributed by atoms with E-state index in [1.165, 1.54) is 17.4 Å². The summed E-state index contributed by atoms with van der Waals surface area (Å²) in [5.74, 6) is -0.400. The van der Waals surface area contributed by atoms with Crippen LogP contribution in [0.2, 0.25) is 0 Å². The Morgan fingerprint density at radius 3 is 2.89 bits per heavy atom. The van der Waals surface area contributed by atoms with E-state index in [9.17, 15) is 4.39 Å². The van der Waals surface area contributed by atoms with Crippen molar-refractivity contribution in [2.45, 2.75) is 6.92 Å². The van der Waals surface area contributed by atoms with Gasteiger partial charge in [0.25, 0.3) is 0 Å². The Hall–Kier alpha value is -1.94. The molecule has 0 saturated carbocycles. The van der Waals surface area contributed by atoms with Gasteiger partial charge in [-0.05, 0) is 36.8 Å². The van der Waals surface area contributed by atoms with Gasteiger partial charge < -0.3 is 5.73 Å². The largest absolute Gasteiger partial charge is 0.396 e. The summed E-state index contributed by atoms with van der Waals surface area (Å²) in [5, 5.41) is 0.757. The molecule has 0 unspecified atom stereocenters. The SMILES string of the molecule is Cc1ccc2sc(-c3cccc(F)c3N)nc2c1. The zero-order chi connectivity index (χ0) is 12.7. The third-order valence-electron chi connectivity index (χ3n) is 2.83. The van der Waals surface area contributed by atoms with E-state index in [0.717, 1.165) is 20.8 Å². The van der Waals surface area contributed by atoms with Gasteiger partial charge >= 0.3 is 0 Å². The topological polar surface area (TPSA) is 38.9 Å². The van der Waals surface area contributed by atoms with Crippen LogP contribution in [-0.2, 0) is 0 Å². The van der Waals surface area contributed by atoms with Crippen LogP contribution in [0.3, 0.4) is 0 Å². The molecule has 3 aromatic rings. The lowest BCUT2D eigenvalue weighted by atomic mass is 10.2. The summed E-state index contributed by atoms with van der Waals surface area (Å²) in [6.07, 6.45) is 0. The molecule has 4 heteroatoms. The van der Waals surface area contributed by atoms with Gasteiger partial charge in [0.05, 0.1) is 15.9 Å². The van der Waals surface area contributed by atoms with E-state index in [0.29, 0.717) is 5.56 Å². The van der Waals surface area contributed by atoms with Gasteiger partial charge in [-0.2, -0.15) is 0 Å². The Bertz CT molecular complexity index is 734. The zero-order valence-corrected chi connectivity index (χ0v) is 10.6. The molecule has 0 aliphatic carbocycles. The predicted octanol–water partition coefficient (Wildman–Crippen LogP) is 3.99. The van der Waals surface area contributed by atoms with Crippen LogP contribution in [0.15, 0.2) is 36.4 Å². The molecule has 0 saturated heterocycles. The van der Waals surface area contributed by atoms with Crippen LogP contribution in [-0.4, -0.2) is 4.98 Å². The number of hydrogen-bond donors (Lipinski definition) is 1. The number of thiazole rings is 1. The van der Waals surface area contributed by atoms with Crippen molar-refractivity contribution in [3.8, 4) is 10.6 Å². The fraction of sp³-hybridized carbons (Fsp3) is 0.0714. The quantitative estimate of drug-likeness (QED) is 0.670. The van der Waals surface area contributed by atoms with Gasteiger partial charge in [-0.15, -0.1) is 11.3 Å². The maximum atomic E-state index is 13.4. The number of para-hydroxylation sites is 1. The number of fused-ring (bicyclic) bond motifs is 1. The number of rotatable bonds is 1. The van der Waals surface area contributed by atoms with Crippen molar-refractivity contribution in [3.63, 3.8) is 0 Å². The first-order chi connectivity index (χ1) is 8.65. The number of nitrogen functional groups attached to an aromatic ring is 1. The number of aryl methyl sites for hydroxylation is 1. The van der Waals surface area contributed by atoms with Gasteiger partial charge in [-0.3, -0.25) is 0 Å². The summed E-state index contributed by atoms with van der Waals surface area (Å²) in [6.45, 7) is 2.02. The summed E-state index contributed by atoms with van der Waals surface area (Å²) in [5.41, 5.74) is 8.67. The van der Waals surface area contributed by atoms with Crippen LogP contribution in [0.4, 0.5) is 10.1 Å². The molecular weight excluding hydrogens is 247 g/mol. The second-order valence-corrected chi connectivity index (χ2v) is 5.22. The molecule has 2 N–H and O–H groups in total. The van der Waals surface area contributed by atoms with Crippen molar-refractivity contribution in [3.05, 3.63) is 47.8 Å². The number of anilines is 1. The molecule has 3 rings (SSSR count). The maximum Gasteiger partial charge on any atom is 0.146 e. The van der Waals surface area contributed by atoms with Gasteiger partial charge in [0.2, 0.25) is 0 Å². The molecule has 0 aliphatic heterocycles. The molecule has 0 bridgehead atoms. The van der Waals surface area contributed by atoms with Crippen LogP contribution in [0.1, 0.15) is 5.56 Å². The highest BCUT2D eigenvalue weighted by atomic mass is 32.1. The summed E-state index contributed by atoms with van der Waals surface area (Å²) in [7, 11) is 0. The summed E-state index contributed by atoms with van der Waals surface area (Å²) in [6, 6.07) is 10.9. The van der Waals surface area contributed by atoms with Crippen molar-refractivity contribution >= 4 is 27.2 Å². The van der Waals surface area contributed by atoms with E-state index in [2.05, 4.69) is 4.98 Å².